The monoisotopic (exact) mass is 505 g/mol. The van der Waals surface area contributed by atoms with Crippen molar-refractivity contribution in [1.29, 1.82) is 0 Å². The SMILES string of the molecule is CCC[C@H](N[C@H]1CCCc2cc(Cl)cc(F)c21)C(=O)Nc1cn(C(C)(C)CNCC(C)(C)C)cn1. The maximum Gasteiger partial charge on any atom is 0.242 e. The van der Waals surface area contributed by atoms with Crippen LogP contribution in [0.4, 0.5) is 10.2 Å². The summed E-state index contributed by atoms with van der Waals surface area (Å²) in [6.45, 7) is 14.6. The van der Waals surface area contributed by atoms with Gasteiger partial charge >= 0.3 is 0 Å². The van der Waals surface area contributed by atoms with Gasteiger partial charge in [-0.3, -0.25) is 10.1 Å². The second-order valence-corrected chi connectivity index (χ2v) is 12.0. The van der Waals surface area contributed by atoms with Crippen molar-refractivity contribution in [3.63, 3.8) is 0 Å². The van der Waals surface area contributed by atoms with E-state index in [1.165, 1.54) is 6.07 Å². The van der Waals surface area contributed by atoms with E-state index in [0.29, 0.717) is 22.8 Å². The molecule has 1 aromatic carbocycles. The van der Waals surface area contributed by atoms with Crippen LogP contribution in [0, 0.1) is 11.2 Å². The van der Waals surface area contributed by atoms with Crippen LogP contribution in [0.2, 0.25) is 5.02 Å². The Labute approximate surface area is 214 Å². The molecule has 35 heavy (non-hydrogen) atoms. The number of halogens is 2. The Kier molecular flexibility index (Phi) is 9.00. The first-order valence-electron chi connectivity index (χ1n) is 12.7. The third-order valence-electron chi connectivity index (χ3n) is 6.51. The summed E-state index contributed by atoms with van der Waals surface area (Å²) in [5, 5.41) is 10.3. The van der Waals surface area contributed by atoms with E-state index in [-0.39, 0.29) is 28.7 Å². The van der Waals surface area contributed by atoms with E-state index < -0.39 is 6.04 Å². The number of amides is 1. The van der Waals surface area contributed by atoms with Gasteiger partial charge in [-0.1, -0.05) is 45.7 Å². The molecule has 0 spiro atoms. The lowest BCUT2D eigenvalue weighted by atomic mass is 9.86. The van der Waals surface area contributed by atoms with Gasteiger partial charge in [-0.2, -0.15) is 0 Å². The number of hydrogen-bond acceptors (Lipinski definition) is 4. The molecule has 2 atom stereocenters. The Morgan fingerprint density at radius 1 is 1.26 bits per heavy atom. The summed E-state index contributed by atoms with van der Waals surface area (Å²) < 4.78 is 16.8. The molecule has 0 aliphatic heterocycles. The number of fused-ring (bicyclic) bond motifs is 1. The first-order chi connectivity index (χ1) is 16.4. The summed E-state index contributed by atoms with van der Waals surface area (Å²) >= 11 is 6.07. The van der Waals surface area contributed by atoms with E-state index in [9.17, 15) is 9.18 Å². The van der Waals surface area contributed by atoms with Crippen molar-refractivity contribution >= 4 is 23.3 Å². The lowest BCUT2D eigenvalue weighted by Gasteiger charge is -2.30. The number of hydrogen-bond donors (Lipinski definition) is 3. The highest BCUT2D eigenvalue weighted by molar-refractivity contribution is 6.30. The number of carbonyl (C=O) groups excluding carboxylic acids is 1. The smallest absolute Gasteiger partial charge is 0.242 e. The Bertz CT molecular complexity index is 1010. The minimum atomic E-state index is -0.447. The largest absolute Gasteiger partial charge is 0.328 e. The lowest BCUT2D eigenvalue weighted by molar-refractivity contribution is -0.118. The number of aryl methyl sites for hydroxylation is 1. The number of aromatic nitrogens is 2. The molecule has 194 valence electrons. The van der Waals surface area contributed by atoms with Gasteiger partial charge in [0.2, 0.25) is 5.91 Å². The summed E-state index contributed by atoms with van der Waals surface area (Å²) in [5.74, 6) is 0.0625. The van der Waals surface area contributed by atoms with Crippen molar-refractivity contribution in [2.75, 3.05) is 18.4 Å². The van der Waals surface area contributed by atoms with Crippen LogP contribution in [-0.2, 0) is 16.8 Å². The van der Waals surface area contributed by atoms with Gasteiger partial charge in [0.1, 0.15) is 5.82 Å². The quantitative estimate of drug-likeness (QED) is 0.380. The van der Waals surface area contributed by atoms with Crippen LogP contribution in [0.3, 0.4) is 0 Å². The number of nitrogens with one attached hydrogen (secondary N) is 3. The van der Waals surface area contributed by atoms with Gasteiger partial charge in [-0.15, -0.1) is 0 Å². The molecule has 0 saturated carbocycles. The van der Waals surface area contributed by atoms with Crippen LogP contribution in [0.25, 0.3) is 0 Å². The number of carbonyl (C=O) groups is 1. The second kappa shape index (κ2) is 11.4. The van der Waals surface area contributed by atoms with Gasteiger partial charge in [0.05, 0.1) is 17.9 Å². The van der Waals surface area contributed by atoms with Crippen LogP contribution in [0.1, 0.15) is 84.4 Å². The molecule has 6 nitrogen and oxygen atoms in total. The summed E-state index contributed by atoms with van der Waals surface area (Å²) in [7, 11) is 0. The number of benzene rings is 1. The third kappa shape index (κ3) is 7.51. The van der Waals surface area contributed by atoms with Gasteiger partial charge < -0.3 is 15.2 Å². The van der Waals surface area contributed by atoms with Crippen LogP contribution < -0.4 is 16.0 Å². The highest BCUT2D eigenvalue weighted by Crippen LogP contribution is 2.34. The molecule has 1 heterocycles. The lowest BCUT2D eigenvalue weighted by Crippen LogP contribution is -2.43. The topological polar surface area (TPSA) is 71.0 Å². The second-order valence-electron chi connectivity index (χ2n) is 11.5. The van der Waals surface area contributed by atoms with Crippen molar-refractivity contribution in [1.82, 2.24) is 20.2 Å². The average Bonchev–Trinajstić information content (AvgIpc) is 3.21. The minimum absolute atomic E-state index is 0.151. The van der Waals surface area contributed by atoms with Crippen molar-refractivity contribution in [3.8, 4) is 0 Å². The molecule has 0 fully saturated rings. The predicted molar refractivity (Wildman–Crippen MR) is 141 cm³/mol. The summed E-state index contributed by atoms with van der Waals surface area (Å²) in [5.41, 5.74) is 1.57. The van der Waals surface area contributed by atoms with Gasteiger partial charge in [0, 0.05) is 35.9 Å². The van der Waals surface area contributed by atoms with Gasteiger partial charge in [-0.05, 0) is 62.6 Å². The standard InChI is InChI=1S/C27H41ClFN5O/c1-7-9-22(32-21-11-8-10-18-12-19(28)13-20(29)24(18)21)25(35)33-23-14-34(17-31-23)27(5,6)16-30-15-26(2,3)4/h12-14,17,21-22,30,32H,7-11,15-16H2,1-6H3,(H,33,35)/t21-,22-/m0/s1. The number of imidazole rings is 1. The Hall–Kier alpha value is -1.96. The molecule has 1 amide bonds. The molecule has 2 aromatic rings. The van der Waals surface area contributed by atoms with E-state index in [0.717, 1.165) is 44.3 Å². The predicted octanol–water partition coefficient (Wildman–Crippen LogP) is 5.82. The van der Waals surface area contributed by atoms with Gasteiger partial charge in [-0.25, -0.2) is 9.37 Å². The molecule has 0 radical (unpaired) electrons. The van der Waals surface area contributed by atoms with Crippen LogP contribution in [0.5, 0.6) is 0 Å². The summed E-state index contributed by atoms with van der Waals surface area (Å²) in [4.78, 5) is 17.6. The summed E-state index contributed by atoms with van der Waals surface area (Å²) in [6.07, 6.45) is 7.61. The molecular formula is C27H41ClFN5O. The number of rotatable bonds is 10. The molecule has 1 aliphatic carbocycles. The van der Waals surface area contributed by atoms with E-state index >= 15 is 0 Å². The van der Waals surface area contributed by atoms with Crippen molar-refractivity contribution in [2.24, 2.45) is 5.41 Å². The molecule has 1 aliphatic rings. The zero-order valence-electron chi connectivity index (χ0n) is 22.0. The van der Waals surface area contributed by atoms with E-state index in [4.69, 9.17) is 11.6 Å². The van der Waals surface area contributed by atoms with E-state index in [2.05, 4.69) is 55.6 Å². The average molecular weight is 506 g/mol. The molecular weight excluding hydrogens is 465 g/mol. The number of nitrogens with zero attached hydrogens (tertiary/aromatic N) is 2. The van der Waals surface area contributed by atoms with Gasteiger partial charge in [0.25, 0.3) is 0 Å². The van der Waals surface area contributed by atoms with Crippen molar-refractivity contribution in [2.45, 2.75) is 91.3 Å². The normalized spacial score (nSPS) is 17.2. The number of anilines is 1. The fourth-order valence-electron chi connectivity index (χ4n) is 4.63. The first kappa shape index (κ1) is 27.6. The summed E-state index contributed by atoms with van der Waals surface area (Å²) in [6, 6.07) is 2.54. The minimum Gasteiger partial charge on any atom is -0.328 e. The Morgan fingerprint density at radius 2 is 2.00 bits per heavy atom. The zero-order valence-corrected chi connectivity index (χ0v) is 22.7. The van der Waals surface area contributed by atoms with E-state index in [1.54, 1.807) is 6.33 Å². The molecule has 0 saturated heterocycles. The van der Waals surface area contributed by atoms with Gasteiger partial charge in [0.15, 0.2) is 5.82 Å². The molecule has 3 rings (SSSR count). The molecule has 0 unspecified atom stereocenters. The zero-order chi connectivity index (χ0) is 25.8. The van der Waals surface area contributed by atoms with Crippen molar-refractivity contribution < 1.29 is 9.18 Å². The highest BCUT2D eigenvalue weighted by atomic mass is 35.5. The maximum absolute atomic E-state index is 14.8. The Balaban J connectivity index is 1.67. The fourth-order valence-corrected chi connectivity index (χ4v) is 4.86. The molecule has 3 N–H and O–H groups in total. The van der Waals surface area contributed by atoms with Crippen LogP contribution in [0.15, 0.2) is 24.7 Å². The first-order valence-corrected chi connectivity index (χ1v) is 13.1. The highest BCUT2D eigenvalue weighted by Gasteiger charge is 2.29. The van der Waals surface area contributed by atoms with Crippen LogP contribution in [-0.4, -0.2) is 34.6 Å². The molecule has 0 bridgehead atoms. The maximum atomic E-state index is 14.8. The third-order valence-corrected chi connectivity index (χ3v) is 6.73. The Morgan fingerprint density at radius 3 is 2.69 bits per heavy atom. The fraction of sp³-hybridized carbons (Fsp3) is 0.630. The van der Waals surface area contributed by atoms with E-state index in [1.807, 2.05) is 23.8 Å². The van der Waals surface area contributed by atoms with Crippen LogP contribution >= 0.6 is 11.6 Å². The molecule has 8 heteroatoms. The van der Waals surface area contributed by atoms with Crippen molar-refractivity contribution in [3.05, 3.63) is 46.6 Å². The molecule has 1 aromatic heterocycles.